The molecule has 0 bridgehead atoms. The highest BCUT2D eigenvalue weighted by atomic mass is 35.5. The molecule has 102 valence electrons. The van der Waals surface area contributed by atoms with Crippen molar-refractivity contribution >= 4 is 17.5 Å². The minimum atomic E-state index is 0.140. The highest BCUT2D eigenvalue weighted by Crippen LogP contribution is 2.21. The van der Waals surface area contributed by atoms with Crippen LogP contribution in [0.3, 0.4) is 0 Å². The fourth-order valence-electron chi connectivity index (χ4n) is 1.68. The number of nitrogens with zero attached hydrogens (tertiary/aromatic N) is 3. The quantitative estimate of drug-likeness (QED) is 0.774. The first-order valence-corrected chi connectivity index (χ1v) is 7.08. The van der Waals surface area contributed by atoms with Crippen molar-refractivity contribution < 1.29 is 0 Å². The minimum Gasteiger partial charge on any atom is -0.352 e. The first-order chi connectivity index (χ1) is 8.52. The van der Waals surface area contributed by atoms with E-state index in [0.717, 1.165) is 37.2 Å². The van der Waals surface area contributed by atoms with Crippen LogP contribution in [-0.2, 0) is 12.8 Å². The van der Waals surface area contributed by atoms with E-state index in [1.165, 1.54) is 0 Å². The average Bonchev–Trinajstić information content (AvgIpc) is 2.36. The van der Waals surface area contributed by atoms with E-state index in [2.05, 4.69) is 48.2 Å². The van der Waals surface area contributed by atoms with Gasteiger partial charge in [-0.15, -0.1) is 16.7 Å². The van der Waals surface area contributed by atoms with Gasteiger partial charge in [0.25, 0.3) is 0 Å². The van der Waals surface area contributed by atoms with Crippen LogP contribution in [0.2, 0.25) is 0 Å². The van der Waals surface area contributed by atoms with Gasteiger partial charge in [0.15, 0.2) is 0 Å². The van der Waals surface area contributed by atoms with Gasteiger partial charge >= 0.3 is 0 Å². The number of aromatic nitrogens is 3. The van der Waals surface area contributed by atoms with Crippen molar-refractivity contribution in [2.45, 2.75) is 47.0 Å². The van der Waals surface area contributed by atoms with Gasteiger partial charge in [0, 0.05) is 12.4 Å². The highest BCUT2D eigenvalue weighted by molar-refractivity contribution is 6.17. The Kier molecular flexibility index (Phi) is 5.79. The SMILES string of the molecule is CCc1nnc(NCC(C)(C)CCCl)nc1CC. The molecule has 0 unspecified atom stereocenters. The zero-order chi connectivity index (χ0) is 13.6. The Morgan fingerprint density at radius 2 is 1.78 bits per heavy atom. The smallest absolute Gasteiger partial charge is 0.242 e. The molecule has 0 saturated heterocycles. The van der Waals surface area contributed by atoms with Crippen molar-refractivity contribution in [1.82, 2.24) is 15.2 Å². The van der Waals surface area contributed by atoms with E-state index in [1.54, 1.807) is 0 Å². The fraction of sp³-hybridized carbons (Fsp3) is 0.769. The monoisotopic (exact) mass is 270 g/mol. The van der Waals surface area contributed by atoms with Crippen molar-refractivity contribution in [2.75, 3.05) is 17.7 Å². The predicted octanol–water partition coefficient (Wildman–Crippen LogP) is 3.06. The van der Waals surface area contributed by atoms with Crippen LogP contribution in [0.1, 0.15) is 45.5 Å². The summed E-state index contributed by atoms with van der Waals surface area (Å²) < 4.78 is 0. The van der Waals surface area contributed by atoms with E-state index >= 15 is 0 Å². The molecule has 1 N–H and O–H groups in total. The van der Waals surface area contributed by atoms with E-state index in [4.69, 9.17) is 11.6 Å². The molecule has 0 aliphatic heterocycles. The van der Waals surface area contributed by atoms with E-state index < -0.39 is 0 Å². The Hall–Kier alpha value is -0.900. The van der Waals surface area contributed by atoms with Crippen molar-refractivity contribution in [3.05, 3.63) is 11.4 Å². The summed E-state index contributed by atoms with van der Waals surface area (Å²) in [6.07, 6.45) is 2.72. The molecular weight excluding hydrogens is 248 g/mol. The summed E-state index contributed by atoms with van der Waals surface area (Å²) in [5.41, 5.74) is 2.16. The van der Waals surface area contributed by atoms with Crippen LogP contribution in [0.15, 0.2) is 0 Å². The van der Waals surface area contributed by atoms with Crippen LogP contribution in [0.25, 0.3) is 0 Å². The molecule has 0 aliphatic carbocycles. The van der Waals surface area contributed by atoms with Gasteiger partial charge in [0.2, 0.25) is 5.95 Å². The molecule has 0 saturated carbocycles. The van der Waals surface area contributed by atoms with E-state index in [9.17, 15) is 0 Å². The number of anilines is 1. The zero-order valence-corrected chi connectivity index (χ0v) is 12.5. The van der Waals surface area contributed by atoms with E-state index in [1.807, 2.05) is 0 Å². The molecule has 0 atom stereocenters. The number of nitrogens with one attached hydrogen (secondary N) is 1. The molecular formula is C13H23ClN4. The summed E-state index contributed by atoms with van der Waals surface area (Å²) in [6.45, 7) is 9.32. The molecule has 1 rings (SSSR count). The average molecular weight is 271 g/mol. The number of hydrogen-bond acceptors (Lipinski definition) is 4. The molecule has 0 radical (unpaired) electrons. The van der Waals surface area contributed by atoms with Crippen LogP contribution in [0, 0.1) is 5.41 Å². The minimum absolute atomic E-state index is 0.140. The summed E-state index contributed by atoms with van der Waals surface area (Å²) >= 11 is 5.78. The molecule has 0 spiro atoms. The maximum atomic E-state index is 5.78. The third-order valence-electron chi connectivity index (χ3n) is 3.01. The molecule has 1 heterocycles. The second-order valence-corrected chi connectivity index (χ2v) is 5.57. The normalized spacial score (nSPS) is 11.6. The van der Waals surface area contributed by atoms with Gasteiger partial charge in [-0.2, -0.15) is 5.10 Å². The maximum absolute atomic E-state index is 5.78. The zero-order valence-electron chi connectivity index (χ0n) is 11.8. The molecule has 0 aliphatic rings. The number of aryl methyl sites for hydroxylation is 2. The van der Waals surface area contributed by atoms with Crippen LogP contribution in [0.5, 0.6) is 0 Å². The number of rotatable bonds is 7. The molecule has 1 aromatic heterocycles. The van der Waals surface area contributed by atoms with Crippen molar-refractivity contribution in [3.63, 3.8) is 0 Å². The summed E-state index contributed by atoms with van der Waals surface area (Å²) in [5, 5.41) is 11.6. The second-order valence-electron chi connectivity index (χ2n) is 5.19. The third kappa shape index (κ3) is 4.41. The summed E-state index contributed by atoms with van der Waals surface area (Å²) in [4.78, 5) is 4.51. The van der Waals surface area contributed by atoms with Crippen LogP contribution < -0.4 is 5.32 Å². The second kappa shape index (κ2) is 6.88. The van der Waals surface area contributed by atoms with Crippen LogP contribution >= 0.6 is 11.6 Å². The van der Waals surface area contributed by atoms with Crippen molar-refractivity contribution in [3.8, 4) is 0 Å². The Morgan fingerprint density at radius 3 is 2.33 bits per heavy atom. The first kappa shape index (κ1) is 15.2. The van der Waals surface area contributed by atoms with Gasteiger partial charge in [-0.1, -0.05) is 27.7 Å². The maximum Gasteiger partial charge on any atom is 0.242 e. The van der Waals surface area contributed by atoms with Crippen LogP contribution in [0.4, 0.5) is 5.95 Å². The molecule has 5 heteroatoms. The number of hydrogen-bond donors (Lipinski definition) is 1. The van der Waals surface area contributed by atoms with Gasteiger partial charge in [0.05, 0.1) is 11.4 Å². The number of alkyl halides is 1. The molecule has 4 nitrogen and oxygen atoms in total. The fourth-order valence-corrected chi connectivity index (χ4v) is 2.19. The van der Waals surface area contributed by atoms with Crippen molar-refractivity contribution in [2.24, 2.45) is 5.41 Å². The standard InChI is InChI=1S/C13H23ClN4/c1-5-10-11(6-2)17-18-12(16-10)15-9-13(3,4)7-8-14/h5-9H2,1-4H3,(H,15,16,18). The lowest BCUT2D eigenvalue weighted by Crippen LogP contribution is -2.25. The Morgan fingerprint density at radius 1 is 1.11 bits per heavy atom. The molecule has 18 heavy (non-hydrogen) atoms. The van der Waals surface area contributed by atoms with Gasteiger partial charge in [0.1, 0.15) is 0 Å². The molecule has 0 amide bonds. The van der Waals surface area contributed by atoms with Crippen molar-refractivity contribution in [1.29, 1.82) is 0 Å². The lowest BCUT2D eigenvalue weighted by Gasteiger charge is -2.23. The summed E-state index contributed by atoms with van der Waals surface area (Å²) in [5.74, 6) is 1.29. The van der Waals surface area contributed by atoms with Gasteiger partial charge in [-0.3, -0.25) is 0 Å². The van der Waals surface area contributed by atoms with E-state index in [-0.39, 0.29) is 5.41 Å². The van der Waals surface area contributed by atoms with Gasteiger partial charge in [-0.25, -0.2) is 4.98 Å². The largest absolute Gasteiger partial charge is 0.352 e. The molecule has 0 fully saturated rings. The Bertz CT molecular complexity index is 379. The summed E-state index contributed by atoms with van der Waals surface area (Å²) in [7, 11) is 0. The Labute approximate surface area is 115 Å². The molecule has 1 aromatic rings. The van der Waals surface area contributed by atoms with Gasteiger partial charge < -0.3 is 5.32 Å². The lowest BCUT2D eigenvalue weighted by atomic mass is 9.90. The van der Waals surface area contributed by atoms with Crippen LogP contribution in [-0.4, -0.2) is 27.6 Å². The Balaban J connectivity index is 2.68. The highest BCUT2D eigenvalue weighted by Gasteiger charge is 2.17. The predicted molar refractivity (Wildman–Crippen MR) is 76.2 cm³/mol. The van der Waals surface area contributed by atoms with Gasteiger partial charge in [-0.05, 0) is 24.7 Å². The molecule has 0 aromatic carbocycles. The van der Waals surface area contributed by atoms with E-state index in [0.29, 0.717) is 11.8 Å². The topological polar surface area (TPSA) is 50.7 Å². The number of halogens is 1. The summed E-state index contributed by atoms with van der Waals surface area (Å²) in [6, 6.07) is 0. The third-order valence-corrected chi connectivity index (χ3v) is 3.19. The lowest BCUT2D eigenvalue weighted by molar-refractivity contribution is 0.378. The first-order valence-electron chi connectivity index (χ1n) is 6.54.